The number of nitro groups is 1. The van der Waals surface area contributed by atoms with Crippen LogP contribution in [-0.4, -0.2) is 31.3 Å². The molecule has 0 spiro atoms. The molecule has 3 aromatic rings. The molecule has 0 bridgehead atoms. The van der Waals surface area contributed by atoms with Gasteiger partial charge < -0.3 is 10.1 Å². The minimum atomic E-state index is -0.573. The zero-order valence-electron chi connectivity index (χ0n) is 15.2. The summed E-state index contributed by atoms with van der Waals surface area (Å²) >= 11 is 6.95. The van der Waals surface area contributed by atoms with E-state index in [9.17, 15) is 14.9 Å². The fourth-order valence-corrected chi connectivity index (χ4v) is 3.13. The van der Waals surface area contributed by atoms with Gasteiger partial charge in [-0.25, -0.2) is 4.98 Å². The van der Waals surface area contributed by atoms with Gasteiger partial charge in [-0.05, 0) is 37.3 Å². The topological polar surface area (TPSA) is 123 Å². The number of amides is 1. The van der Waals surface area contributed by atoms with Crippen LogP contribution in [0.5, 0.6) is 5.75 Å². The second-order valence-corrected chi connectivity index (χ2v) is 7.58. The first kappa shape index (κ1) is 20.6. The third kappa shape index (κ3) is 5.69. The lowest BCUT2D eigenvalue weighted by Crippen LogP contribution is -2.23. The SMILES string of the molecule is CC(Sc1n[nH]c(COc2ccc(Cl)cc2)n1)C(=O)Nc1ccccc1[N+](=O)[O-]. The van der Waals surface area contributed by atoms with Gasteiger partial charge in [0.05, 0.1) is 10.2 Å². The molecule has 1 aromatic heterocycles. The average molecular weight is 434 g/mol. The van der Waals surface area contributed by atoms with Gasteiger partial charge >= 0.3 is 0 Å². The molecule has 2 N–H and O–H groups in total. The lowest BCUT2D eigenvalue weighted by Gasteiger charge is -2.10. The van der Waals surface area contributed by atoms with Crippen molar-refractivity contribution >= 4 is 40.6 Å². The van der Waals surface area contributed by atoms with Gasteiger partial charge in [-0.1, -0.05) is 35.5 Å². The Kier molecular flexibility index (Phi) is 6.68. The number of carbonyl (C=O) groups is 1. The largest absolute Gasteiger partial charge is 0.486 e. The Bertz CT molecular complexity index is 1010. The van der Waals surface area contributed by atoms with E-state index in [2.05, 4.69) is 20.5 Å². The highest BCUT2D eigenvalue weighted by molar-refractivity contribution is 8.00. The van der Waals surface area contributed by atoms with Crippen molar-refractivity contribution < 1.29 is 14.5 Å². The van der Waals surface area contributed by atoms with Gasteiger partial charge in [-0.2, -0.15) is 0 Å². The van der Waals surface area contributed by atoms with Crippen LogP contribution in [0.4, 0.5) is 11.4 Å². The van der Waals surface area contributed by atoms with Crippen LogP contribution in [0.25, 0.3) is 0 Å². The number of hydrogen-bond donors (Lipinski definition) is 2. The first-order chi connectivity index (χ1) is 13.9. The molecule has 0 aliphatic carbocycles. The van der Waals surface area contributed by atoms with E-state index >= 15 is 0 Å². The van der Waals surface area contributed by atoms with E-state index in [1.54, 1.807) is 37.3 Å². The van der Waals surface area contributed by atoms with E-state index in [-0.39, 0.29) is 18.0 Å². The van der Waals surface area contributed by atoms with E-state index < -0.39 is 16.1 Å². The fraction of sp³-hybridized carbons (Fsp3) is 0.167. The summed E-state index contributed by atoms with van der Waals surface area (Å²) < 4.78 is 5.58. The number of ether oxygens (including phenoxy) is 1. The summed E-state index contributed by atoms with van der Waals surface area (Å²) in [6, 6.07) is 12.9. The van der Waals surface area contributed by atoms with Crippen molar-refractivity contribution in [2.75, 3.05) is 5.32 Å². The molecule has 0 saturated heterocycles. The Morgan fingerprint density at radius 1 is 1.31 bits per heavy atom. The van der Waals surface area contributed by atoms with Crippen LogP contribution in [0.15, 0.2) is 53.7 Å². The number of H-pyrrole nitrogens is 1. The van der Waals surface area contributed by atoms with Gasteiger partial charge in [0.1, 0.15) is 18.0 Å². The van der Waals surface area contributed by atoms with E-state index in [1.165, 1.54) is 18.2 Å². The number of hydrogen-bond acceptors (Lipinski definition) is 7. The van der Waals surface area contributed by atoms with Crippen LogP contribution in [0.1, 0.15) is 12.7 Å². The lowest BCUT2D eigenvalue weighted by molar-refractivity contribution is -0.383. The molecule has 0 fully saturated rings. The molecule has 9 nitrogen and oxygen atoms in total. The van der Waals surface area contributed by atoms with Gasteiger partial charge in [0, 0.05) is 11.1 Å². The molecule has 0 radical (unpaired) electrons. The summed E-state index contributed by atoms with van der Waals surface area (Å²) in [6.07, 6.45) is 0. The second-order valence-electron chi connectivity index (χ2n) is 5.83. The van der Waals surface area contributed by atoms with Crippen molar-refractivity contribution in [2.24, 2.45) is 0 Å². The molecule has 2 aromatic carbocycles. The monoisotopic (exact) mass is 433 g/mol. The molecule has 1 amide bonds. The number of nitro benzene ring substituents is 1. The predicted octanol–water partition coefficient (Wildman–Crippen LogP) is 4.06. The number of nitrogens with zero attached hydrogens (tertiary/aromatic N) is 3. The van der Waals surface area contributed by atoms with Gasteiger partial charge in [-0.3, -0.25) is 20.0 Å². The van der Waals surface area contributed by atoms with Gasteiger partial charge in [0.25, 0.3) is 5.69 Å². The number of para-hydroxylation sites is 2. The maximum atomic E-state index is 12.4. The average Bonchev–Trinajstić information content (AvgIpc) is 3.15. The molecule has 3 rings (SSSR count). The number of anilines is 1. The first-order valence-corrected chi connectivity index (χ1v) is 9.68. The molecular weight excluding hydrogens is 418 g/mol. The van der Waals surface area contributed by atoms with Crippen molar-refractivity contribution in [2.45, 2.75) is 23.9 Å². The Labute approximate surface area is 175 Å². The summed E-state index contributed by atoms with van der Waals surface area (Å²) in [6.45, 7) is 1.83. The van der Waals surface area contributed by atoms with Crippen LogP contribution in [0.3, 0.4) is 0 Å². The Morgan fingerprint density at radius 2 is 2.03 bits per heavy atom. The van der Waals surface area contributed by atoms with Crippen LogP contribution < -0.4 is 10.1 Å². The van der Waals surface area contributed by atoms with Crippen LogP contribution >= 0.6 is 23.4 Å². The third-order valence-electron chi connectivity index (χ3n) is 3.71. The minimum absolute atomic E-state index is 0.141. The van der Waals surface area contributed by atoms with Crippen molar-refractivity contribution in [1.29, 1.82) is 0 Å². The molecule has 0 saturated carbocycles. The van der Waals surface area contributed by atoms with Crippen LogP contribution in [0, 0.1) is 10.1 Å². The van der Waals surface area contributed by atoms with Crippen molar-refractivity contribution in [3.05, 3.63) is 69.5 Å². The smallest absolute Gasteiger partial charge is 0.292 e. The molecule has 0 aliphatic heterocycles. The molecule has 150 valence electrons. The number of aromatic nitrogens is 3. The Hall–Kier alpha value is -3.11. The highest BCUT2D eigenvalue weighted by Gasteiger charge is 2.21. The number of nitrogens with one attached hydrogen (secondary N) is 2. The molecular formula is C18H16ClN5O4S. The normalized spacial score (nSPS) is 11.7. The van der Waals surface area contributed by atoms with E-state index in [4.69, 9.17) is 16.3 Å². The lowest BCUT2D eigenvalue weighted by atomic mass is 10.2. The first-order valence-electron chi connectivity index (χ1n) is 8.43. The highest BCUT2D eigenvalue weighted by atomic mass is 35.5. The molecule has 1 heterocycles. The second kappa shape index (κ2) is 9.39. The van der Waals surface area contributed by atoms with Gasteiger partial charge in [0.15, 0.2) is 5.82 Å². The van der Waals surface area contributed by atoms with Crippen molar-refractivity contribution in [1.82, 2.24) is 15.2 Å². The van der Waals surface area contributed by atoms with E-state index in [0.717, 1.165) is 11.8 Å². The number of aromatic amines is 1. The van der Waals surface area contributed by atoms with E-state index in [1.807, 2.05) is 0 Å². The number of carbonyl (C=O) groups excluding carboxylic acids is 1. The maximum Gasteiger partial charge on any atom is 0.292 e. The van der Waals surface area contributed by atoms with E-state index in [0.29, 0.717) is 21.8 Å². The fourth-order valence-electron chi connectivity index (χ4n) is 2.26. The number of benzene rings is 2. The summed E-state index contributed by atoms with van der Waals surface area (Å²) in [5.41, 5.74) is -0.0282. The summed E-state index contributed by atoms with van der Waals surface area (Å²) in [5.74, 6) is 0.735. The zero-order chi connectivity index (χ0) is 20.8. The molecule has 29 heavy (non-hydrogen) atoms. The summed E-state index contributed by atoms with van der Waals surface area (Å²) in [4.78, 5) is 27.2. The van der Waals surface area contributed by atoms with Gasteiger partial charge in [0.2, 0.25) is 11.1 Å². The molecule has 1 atom stereocenters. The molecule has 11 heteroatoms. The highest BCUT2D eigenvalue weighted by Crippen LogP contribution is 2.26. The number of thioether (sulfide) groups is 1. The zero-order valence-corrected chi connectivity index (χ0v) is 16.7. The number of halogens is 1. The third-order valence-corrected chi connectivity index (χ3v) is 4.92. The Balaban J connectivity index is 1.55. The molecule has 0 aliphatic rings. The maximum absolute atomic E-state index is 12.4. The predicted molar refractivity (Wildman–Crippen MR) is 109 cm³/mol. The molecule has 1 unspecified atom stereocenters. The Morgan fingerprint density at radius 3 is 2.76 bits per heavy atom. The standard InChI is InChI=1S/C18H16ClN5O4S/c1-11(17(25)20-14-4-2-3-5-15(14)24(26)27)29-18-21-16(22-23-18)10-28-13-8-6-12(19)7-9-13/h2-9,11H,10H2,1H3,(H,20,25)(H,21,22,23). The van der Waals surface area contributed by atoms with Crippen molar-refractivity contribution in [3.63, 3.8) is 0 Å². The van der Waals surface area contributed by atoms with Gasteiger partial charge in [-0.15, -0.1) is 5.10 Å². The quantitative estimate of drug-likeness (QED) is 0.312. The minimum Gasteiger partial charge on any atom is -0.486 e. The summed E-state index contributed by atoms with van der Waals surface area (Å²) in [7, 11) is 0. The van der Waals surface area contributed by atoms with Crippen LogP contribution in [0.2, 0.25) is 5.02 Å². The van der Waals surface area contributed by atoms with Crippen LogP contribution in [-0.2, 0) is 11.4 Å². The number of rotatable bonds is 8. The summed E-state index contributed by atoms with van der Waals surface area (Å²) in [5, 5.41) is 20.8. The van der Waals surface area contributed by atoms with Crippen molar-refractivity contribution in [3.8, 4) is 5.75 Å².